The molecule has 0 saturated heterocycles. The molecule has 0 aromatic heterocycles. The van der Waals surface area contributed by atoms with E-state index in [0.717, 1.165) is 12.8 Å². The van der Waals surface area contributed by atoms with Gasteiger partial charge in [-0.1, -0.05) is 37.8 Å². The summed E-state index contributed by atoms with van der Waals surface area (Å²) in [6.07, 6.45) is 4.53. The first-order valence-corrected chi connectivity index (χ1v) is 6.94. The summed E-state index contributed by atoms with van der Waals surface area (Å²) in [7, 11) is 0. The van der Waals surface area contributed by atoms with E-state index in [2.05, 4.69) is 12.2 Å². The van der Waals surface area contributed by atoms with E-state index in [1.165, 1.54) is 12.8 Å². The number of rotatable bonds is 8. The highest BCUT2D eigenvalue weighted by atomic mass is 35.5. The SMILES string of the molecule is CCCCCCOCC(=O)Nc1ccc(Cl)cc1N. The molecule has 0 aliphatic carbocycles. The molecule has 0 bridgehead atoms. The number of unbranched alkanes of at least 4 members (excludes halogenated alkanes) is 3. The standard InChI is InChI=1S/C14H21ClN2O2/c1-2-3-4-5-8-19-10-14(18)17-13-7-6-11(15)9-12(13)16/h6-7,9H,2-5,8,10,16H2,1H3,(H,17,18). The average Bonchev–Trinajstić information content (AvgIpc) is 2.37. The Kier molecular flexibility index (Phi) is 7.30. The first-order chi connectivity index (χ1) is 9.13. The molecule has 3 N–H and O–H groups in total. The molecule has 1 rings (SSSR count). The zero-order valence-corrected chi connectivity index (χ0v) is 12.0. The molecular formula is C14H21ClN2O2. The summed E-state index contributed by atoms with van der Waals surface area (Å²) < 4.78 is 5.30. The normalized spacial score (nSPS) is 10.4. The highest BCUT2D eigenvalue weighted by Crippen LogP contribution is 2.22. The number of hydrogen-bond donors (Lipinski definition) is 2. The summed E-state index contributed by atoms with van der Waals surface area (Å²) in [4.78, 5) is 11.6. The number of nitrogens with two attached hydrogens (primary N) is 1. The zero-order chi connectivity index (χ0) is 14.1. The van der Waals surface area contributed by atoms with Gasteiger partial charge in [-0.05, 0) is 24.6 Å². The number of amides is 1. The number of carbonyl (C=O) groups is 1. The Balaban J connectivity index is 2.23. The van der Waals surface area contributed by atoms with Gasteiger partial charge in [0.05, 0.1) is 11.4 Å². The van der Waals surface area contributed by atoms with Crippen LogP contribution in [0.25, 0.3) is 0 Å². The van der Waals surface area contributed by atoms with Crippen molar-refractivity contribution < 1.29 is 9.53 Å². The van der Waals surface area contributed by atoms with Crippen LogP contribution in [0.5, 0.6) is 0 Å². The topological polar surface area (TPSA) is 64.3 Å². The van der Waals surface area contributed by atoms with Crippen LogP contribution in [-0.2, 0) is 9.53 Å². The molecule has 0 radical (unpaired) electrons. The minimum atomic E-state index is -0.204. The molecule has 0 aliphatic rings. The summed E-state index contributed by atoms with van der Waals surface area (Å²) in [6, 6.07) is 4.96. The van der Waals surface area contributed by atoms with Crippen LogP contribution < -0.4 is 11.1 Å². The van der Waals surface area contributed by atoms with Crippen LogP contribution in [0.1, 0.15) is 32.6 Å². The maximum atomic E-state index is 11.6. The van der Waals surface area contributed by atoms with E-state index in [9.17, 15) is 4.79 Å². The highest BCUT2D eigenvalue weighted by molar-refractivity contribution is 6.31. The van der Waals surface area contributed by atoms with E-state index in [0.29, 0.717) is 23.0 Å². The monoisotopic (exact) mass is 284 g/mol. The summed E-state index contributed by atoms with van der Waals surface area (Å²) in [6.45, 7) is 2.82. The van der Waals surface area contributed by atoms with Gasteiger partial charge in [0.2, 0.25) is 5.91 Å². The van der Waals surface area contributed by atoms with E-state index in [1.807, 2.05) is 0 Å². The molecule has 0 unspecified atom stereocenters. The average molecular weight is 285 g/mol. The Morgan fingerprint density at radius 2 is 2.16 bits per heavy atom. The lowest BCUT2D eigenvalue weighted by Crippen LogP contribution is -2.19. The number of nitrogens with one attached hydrogen (secondary N) is 1. The van der Waals surface area contributed by atoms with Gasteiger partial charge >= 0.3 is 0 Å². The summed E-state index contributed by atoms with van der Waals surface area (Å²) in [5, 5.41) is 3.24. The van der Waals surface area contributed by atoms with Crippen LogP contribution in [0.4, 0.5) is 11.4 Å². The first-order valence-electron chi connectivity index (χ1n) is 6.56. The van der Waals surface area contributed by atoms with Crippen molar-refractivity contribution in [3.05, 3.63) is 23.2 Å². The molecular weight excluding hydrogens is 264 g/mol. The molecule has 4 nitrogen and oxygen atoms in total. The molecule has 0 aliphatic heterocycles. The predicted molar refractivity (Wildman–Crippen MR) is 79.5 cm³/mol. The molecule has 106 valence electrons. The van der Waals surface area contributed by atoms with Gasteiger partial charge in [-0.2, -0.15) is 0 Å². The van der Waals surface area contributed by atoms with Gasteiger partial charge in [0.15, 0.2) is 0 Å². The fraction of sp³-hybridized carbons (Fsp3) is 0.500. The number of hydrogen-bond acceptors (Lipinski definition) is 3. The van der Waals surface area contributed by atoms with E-state index in [4.69, 9.17) is 22.1 Å². The molecule has 0 saturated carbocycles. The van der Waals surface area contributed by atoms with Gasteiger partial charge in [-0.3, -0.25) is 4.79 Å². The molecule has 1 aromatic rings. The van der Waals surface area contributed by atoms with Crippen LogP contribution in [0, 0.1) is 0 Å². The van der Waals surface area contributed by atoms with Crippen molar-refractivity contribution in [3.8, 4) is 0 Å². The van der Waals surface area contributed by atoms with Crippen molar-refractivity contribution >= 4 is 28.9 Å². The van der Waals surface area contributed by atoms with Crippen LogP contribution in [0.15, 0.2) is 18.2 Å². The fourth-order valence-electron chi connectivity index (χ4n) is 1.63. The molecule has 5 heteroatoms. The molecule has 1 aromatic carbocycles. The highest BCUT2D eigenvalue weighted by Gasteiger charge is 2.05. The summed E-state index contributed by atoms with van der Waals surface area (Å²) >= 11 is 5.78. The Labute approximate surface area is 119 Å². The minimum absolute atomic E-state index is 0.0498. The number of anilines is 2. The number of carbonyl (C=O) groups excluding carboxylic acids is 1. The number of ether oxygens (including phenoxy) is 1. The van der Waals surface area contributed by atoms with E-state index in [-0.39, 0.29) is 12.5 Å². The van der Waals surface area contributed by atoms with Gasteiger partial charge in [0, 0.05) is 11.6 Å². The third-order valence-corrected chi connectivity index (χ3v) is 2.90. The number of benzene rings is 1. The predicted octanol–water partition coefficient (Wildman–Crippen LogP) is 3.46. The lowest BCUT2D eigenvalue weighted by Gasteiger charge is -2.08. The van der Waals surface area contributed by atoms with Gasteiger partial charge in [-0.25, -0.2) is 0 Å². The third kappa shape index (κ3) is 6.45. The van der Waals surface area contributed by atoms with Crippen LogP contribution in [-0.4, -0.2) is 19.1 Å². The molecule has 1 amide bonds. The second kappa shape index (κ2) is 8.77. The third-order valence-electron chi connectivity index (χ3n) is 2.66. The molecule has 19 heavy (non-hydrogen) atoms. The maximum absolute atomic E-state index is 11.6. The second-order valence-electron chi connectivity index (χ2n) is 4.39. The number of nitrogen functional groups attached to an aromatic ring is 1. The van der Waals surface area contributed by atoms with Crippen LogP contribution in [0.3, 0.4) is 0 Å². The van der Waals surface area contributed by atoms with E-state index < -0.39 is 0 Å². The Bertz CT molecular complexity index is 410. The fourth-order valence-corrected chi connectivity index (χ4v) is 1.81. The van der Waals surface area contributed by atoms with Crippen LogP contribution >= 0.6 is 11.6 Å². The number of halogens is 1. The lowest BCUT2D eigenvalue weighted by molar-refractivity contribution is -0.120. The van der Waals surface area contributed by atoms with Gasteiger partial charge in [-0.15, -0.1) is 0 Å². The smallest absolute Gasteiger partial charge is 0.250 e. The first kappa shape index (κ1) is 15.8. The Morgan fingerprint density at radius 1 is 1.37 bits per heavy atom. The van der Waals surface area contributed by atoms with Gasteiger partial charge in [0.1, 0.15) is 6.61 Å². The van der Waals surface area contributed by atoms with E-state index >= 15 is 0 Å². The summed E-state index contributed by atoms with van der Waals surface area (Å²) in [5.74, 6) is -0.204. The van der Waals surface area contributed by atoms with Crippen molar-refractivity contribution in [2.45, 2.75) is 32.6 Å². The minimum Gasteiger partial charge on any atom is -0.397 e. The molecule has 0 atom stereocenters. The Morgan fingerprint density at radius 3 is 2.84 bits per heavy atom. The maximum Gasteiger partial charge on any atom is 0.250 e. The largest absolute Gasteiger partial charge is 0.397 e. The quantitative estimate of drug-likeness (QED) is 0.567. The second-order valence-corrected chi connectivity index (χ2v) is 4.83. The molecule has 0 fully saturated rings. The van der Waals surface area contributed by atoms with Crippen molar-refractivity contribution in [3.63, 3.8) is 0 Å². The van der Waals surface area contributed by atoms with Crippen molar-refractivity contribution in [1.82, 2.24) is 0 Å². The van der Waals surface area contributed by atoms with Gasteiger partial charge in [0.25, 0.3) is 0 Å². The summed E-state index contributed by atoms with van der Waals surface area (Å²) in [5.41, 5.74) is 6.75. The zero-order valence-electron chi connectivity index (χ0n) is 11.2. The van der Waals surface area contributed by atoms with E-state index in [1.54, 1.807) is 18.2 Å². The molecule has 0 heterocycles. The van der Waals surface area contributed by atoms with Crippen molar-refractivity contribution in [2.24, 2.45) is 0 Å². The van der Waals surface area contributed by atoms with Crippen LogP contribution in [0.2, 0.25) is 5.02 Å². The van der Waals surface area contributed by atoms with Crippen molar-refractivity contribution in [1.29, 1.82) is 0 Å². The van der Waals surface area contributed by atoms with Crippen molar-refractivity contribution in [2.75, 3.05) is 24.3 Å². The van der Waals surface area contributed by atoms with Gasteiger partial charge < -0.3 is 15.8 Å². The Hall–Kier alpha value is -1.26. The molecule has 0 spiro atoms. The lowest BCUT2D eigenvalue weighted by atomic mass is 10.2.